The molecule has 1 aromatic carbocycles. The molecule has 2 nitrogen and oxygen atoms in total. The highest BCUT2D eigenvalue weighted by atomic mass is 79.9. The number of halogens is 1. The quantitative estimate of drug-likeness (QED) is 0.784. The molecule has 0 saturated carbocycles. The minimum Gasteiger partial charge on any atom is -0.487 e. The Morgan fingerprint density at radius 1 is 1.29 bits per heavy atom. The molecule has 0 aliphatic carbocycles. The van der Waals surface area contributed by atoms with Crippen LogP contribution in [0.4, 0.5) is 0 Å². The van der Waals surface area contributed by atoms with Crippen LogP contribution < -0.4 is 10.1 Å². The van der Waals surface area contributed by atoms with Crippen LogP contribution in [0.5, 0.6) is 5.75 Å². The van der Waals surface area contributed by atoms with Crippen molar-refractivity contribution in [2.75, 3.05) is 6.54 Å². The maximum Gasteiger partial charge on any atom is 0.127 e. The second-order valence-corrected chi connectivity index (χ2v) is 8.62. The lowest BCUT2D eigenvalue weighted by atomic mass is 10.0. The highest BCUT2D eigenvalue weighted by Crippen LogP contribution is 2.37. The Bertz CT molecular complexity index is 635. The molecule has 0 radical (unpaired) electrons. The van der Waals surface area contributed by atoms with E-state index in [1.165, 1.54) is 19.8 Å². The number of hydrogen-bond donors (Lipinski definition) is 1. The summed E-state index contributed by atoms with van der Waals surface area (Å²) in [4.78, 5) is 1.41. The predicted molar refractivity (Wildman–Crippen MR) is 92.3 cm³/mol. The predicted octanol–water partition coefficient (Wildman–Crippen LogP) is 4.56. The average Bonchev–Trinajstić information content (AvgIpc) is 2.96. The first kappa shape index (κ1) is 15.1. The molecule has 0 spiro atoms. The molecule has 0 bridgehead atoms. The molecule has 21 heavy (non-hydrogen) atoms. The molecule has 112 valence electrons. The van der Waals surface area contributed by atoms with Crippen LogP contribution in [0.3, 0.4) is 0 Å². The topological polar surface area (TPSA) is 21.3 Å². The smallest absolute Gasteiger partial charge is 0.127 e. The van der Waals surface area contributed by atoms with Gasteiger partial charge in [0, 0.05) is 30.0 Å². The number of thiophene rings is 1. The Kier molecular flexibility index (Phi) is 4.38. The molecule has 0 amide bonds. The minimum absolute atomic E-state index is 0.0678. The van der Waals surface area contributed by atoms with Gasteiger partial charge in [-0.3, -0.25) is 0 Å². The molecule has 1 aliphatic rings. The van der Waals surface area contributed by atoms with Gasteiger partial charge in [-0.2, -0.15) is 0 Å². The third kappa shape index (κ3) is 3.68. The molecule has 1 aliphatic heterocycles. The molecule has 0 atom stereocenters. The molecular weight excluding hydrogens is 346 g/mol. The number of rotatable bonds is 5. The van der Waals surface area contributed by atoms with E-state index in [2.05, 4.69) is 65.4 Å². The monoisotopic (exact) mass is 365 g/mol. The summed E-state index contributed by atoms with van der Waals surface area (Å²) in [5, 5.41) is 3.53. The number of benzene rings is 1. The molecule has 2 heterocycles. The zero-order chi connectivity index (χ0) is 14.9. The first-order chi connectivity index (χ1) is 10.0. The van der Waals surface area contributed by atoms with Gasteiger partial charge < -0.3 is 10.1 Å². The van der Waals surface area contributed by atoms with Gasteiger partial charge in [-0.25, -0.2) is 0 Å². The van der Waals surface area contributed by atoms with E-state index in [9.17, 15) is 0 Å². The molecule has 1 aromatic heterocycles. The molecule has 2 aromatic rings. The maximum atomic E-state index is 6.10. The first-order valence-electron chi connectivity index (χ1n) is 7.28. The fourth-order valence-electron chi connectivity index (χ4n) is 2.74. The van der Waals surface area contributed by atoms with Gasteiger partial charge in [0.15, 0.2) is 0 Å². The second kappa shape index (κ2) is 6.11. The third-order valence-electron chi connectivity index (χ3n) is 3.67. The lowest BCUT2D eigenvalue weighted by Gasteiger charge is -2.18. The number of para-hydroxylation sites is 1. The third-order valence-corrected chi connectivity index (χ3v) is 5.35. The lowest BCUT2D eigenvalue weighted by molar-refractivity contribution is 0.137. The summed E-state index contributed by atoms with van der Waals surface area (Å²) in [6, 6.07) is 10.8. The Labute approximate surface area is 138 Å². The standard InChI is InChI=1S/C17H20BrNOS/c1-17(2)10-12-4-3-5-13(16(12)20-17)11-19-9-8-14-6-7-15(18)21-14/h3-7,19H,8-11H2,1-2H3. The molecule has 3 rings (SSSR count). The van der Waals surface area contributed by atoms with Crippen molar-refractivity contribution in [3.63, 3.8) is 0 Å². The van der Waals surface area contributed by atoms with Gasteiger partial charge in [0.25, 0.3) is 0 Å². The minimum atomic E-state index is -0.0678. The fraction of sp³-hybridized carbons (Fsp3) is 0.412. The van der Waals surface area contributed by atoms with E-state index in [-0.39, 0.29) is 5.60 Å². The van der Waals surface area contributed by atoms with E-state index >= 15 is 0 Å². The molecule has 0 saturated heterocycles. The summed E-state index contributed by atoms with van der Waals surface area (Å²) < 4.78 is 7.30. The van der Waals surface area contributed by atoms with Crippen LogP contribution in [-0.2, 0) is 19.4 Å². The summed E-state index contributed by atoms with van der Waals surface area (Å²) in [6.45, 7) is 6.16. The van der Waals surface area contributed by atoms with E-state index in [4.69, 9.17) is 4.74 Å². The summed E-state index contributed by atoms with van der Waals surface area (Å²) in [5.41, 5.74) is 2.54. The van der Waals surface area contributed by atoms with Crippen LogP contribution in [0.15, 0.2) is 34.1 Å². The van der Waals surface area contributed by atoms with Crippen molar-refractivity contribution < 1.29 is 4.74 Å². The van der Waals surface area contributed by atoms with Gasteiger partial charge in [-0.05, 0) is 53.9 Å². The highest BCUT2D eigenvalue weighted by Gasteiger charge is 2.31. The molecule has 0 unspecified atom stereocenters. The Morgan fingerprint density at radius 2 is 2.14 bits per heavy atom. The molecule has 0 fully saturated rings. The zero-order valence-corrected chi connectivity index (χ0v) is 14.8. The van der Waals surface area contributed by atoms with Crippen molar-refractivity contribution >= 4 is 27.3 Å². The van der Waals surface area contributed by atoms with Gasteiger partial charge in [-0.1, -0.05) is 18.2 Å². The van der Waals surface area contributed by atoms with Gasteiger partial charge in [0.1, 0.15) is 11.4 Å². The van der Waals surface area contributed by atoms with Gasteiger partial charge in [-0.15, -0.1) is 11.3 Å². The summed E-state index contributed by atoms with van der Waals surface area (Å²) in [6.07, 6.45) is 2.07. The number of hydrogen-bond acceptors (Lipinski definition) is 3. The van der Waals surface area contributed by atoms with E-state index < -0.39 is 0 Å². The van der Waals surface area contributed by atoms with Gasteiger partial charge in [0.2, 0.25) is 0 Å². The molecule has 1 N–H and O–H groups in total. The van der Waals surface area contributed by atoms with Crippen molar-refractivity contribution in [2.45, 2.75) is 38.8 Å². The van der Waals surface area contributed by atoms with E-state index in [1.54, 1.807) is 11.3 Å². The van der Waals surface area contributed by atoms with Crippen molar-refractivity contribution in [2.24, 2.45) is 0 Å². The Hall–Kier alpha value is -0.840. The van der Waals surface area contributed by atoms with Crippen molar-refractivity contribution in [3.05, 3.63) is 50.1 Å². The van der Waals surface area contributed by atoms with Crippen LogP contribution >= 0.6 is 27.3 Å². The van der Waals surface area contributed by atoms with Crippen LogP contribution in [0.25, 0.3) is 0 Å². The Balaban J connectivity index is 1.56. The van der Waals surface area contributed by atoms with Crippen LogP contribution in [-0.4, -0.2) is 12.1 Å². The van der Waals surface area contributed by atoms with Gasteiger partial charge >= 0.3 is 0 Å². The Morgan fingerprint density at radius 3 is 2.90 bits per heavy atom. The van der Waals surface area contributed by atoms with E-state index in [0.29, 0.717) is 0 Å². The second-order valence-electron chi connectivity index (χ2n) is 6.08. The first-order valence-corrected chi connectivity index (χ1v) is 8.89. The fourth-order valence-corrected chi connectivity index (χ4v) is 4.22. The van der Waals surface area contributed by atoms with Crippen LogP contribution in [0.1, 0.15) is 29.9 Å². The highest BCUT2D eigenvalue weighted by molar-refractivity contribution is 9.11. The van der Waals surface area contributed by atoms with E-state index in [1.807, 2.05) is 0 Å². The molecular formula is C17H20BrNOS. The normalized spacial score (nSPS) is 15.8. The summed E-state index contributed by atoms with van der Waals surface area (Å²) in [5.74, 6) is 1.09. The van der Waals surface area contributed by atoms with E-state index in [0.717, 1.165) is 31.7 Å². The van der Waals surface area contributed by atoms with Crippen LogP contribution in [0.2, 0.25) is 0 Å². The average molecular weight is 366 g/mol. The van der Waals surface area contributed by atoms with Crippen molar-refractivity contribution in [3.8, 4) is 5.75 Å². The number of ether oxygens (including phenoxy) is 1. The summed E-state index contributed by atoms with van der Waals surface area (Å²) in [7, 11) is 0. The zero-order valence-electron chi connectivity index (χ0n) is 12.4. The largest absolute Gasteiger partial charge is 0.487 e. The summed E-state index contributed by atoms with van der Waals surface area (Å²) >= 11 is 5.31. The number of nitrogens with one attached hydrogen (secondary N) is 1. The van der Waals surface area contributed by atoms with Gasteiger partial charge in [0.05, 0.1) is 3.79 Å². The maximum absolute atomic E-state index is 6.10. The van der Waals surface area contributed by atoms with Crippen molar-refractivity contribution in [1.29, 1.82) is 0 Å². The SMILES string of the molecule is CC1(C)Cc2cccc(CNCCc3ccc(Br)s3)c2O1. The number of fused-ring (bicyclic) bond motifs is 1. The molecule has 4 heteroatoms. The lowest BCUT2D eigenvalue weighted by Crippen LogP contribution is -2.25. The van der Waals surface area contributed by atoms with Crippen LogP contribution in [0, 0.1) is 0 Å². The van der Waals surface area contributed by atoms with Crippen molar-refractivity contribution in [1.82, 2.24) is 5.32 Å².